The molecule has 0 aliphatic heterocycles. The van der Waals surface area contributed by atoms with Gasteiger partial charge in [-0.1, -0.05) is 25.1 Å². The zero-order valence-electron chi connectivity index (χ0n) is 10.6. The first-order valence-electron chi connectivity index (χ1n) is 5.70. The number of hydrogen-bond donors (Lipinski definition) is 1. The van der Waals surface area contributed by atoms with Gasteiger partial charge in [0.1, 0.15) is 5.75 Å². The molecule has 0 aromatic heterocycles. The standard InChI is InChI=1S/C13H22N2O/c1-5-15(3)13(10(2)14)11-8-6-7-9-12(11)16-4/h6-10,13H,5,14H2,1-4H3. The van der Waals surface area contributed by atoms with E-state index < -0.39 is 0 Å². The minimum atomic E-state index is 0.0706. The molecular weight excluding hydrogens is 200 g/mol. The number of nitrogens with two attached hydrogens (primary N) is 1. The van der Waals surface area contributed by atoms with Gasteiger partial charge in [0.2, 0.25) is 0 Å². The van der Waals surface area contributed by atoms with Crippen molar-refractivity contribution in [3.8, 4) is 5.75 Å². The molecule has 3 heteroatoms. The lowest BCUT2D eigenvalue weighted by molar-refractivity contribution is 0.224. The van der Waals surface area contributed by atoms with Crippen molar-refractivity contribution in [1.82, 2.24) is 4.90 Å². The Morgan fingerprint density at radius 3 is 2.50 bits per heavy atom. The van der Waals surface area contributed by atoms with E-state index in [1.54, 1.807) is 7.11 Å². The number of rotatable bonds is 5. The molecule has 2 unspecified atom stereocenters. The van der Waals surface area contributed by atoms with Gasteiger partial charge in [-0.3, -0.25) is 4.90 Å². The molecule has 0 fully saturated rings. The second kappa shape index (κ2) is 5.87. The van der Waals surface area contributed by atoms with E-state index >= 15 is 0 Å². The maximum absolute atomic E-state index is 6.07. The lowest BCUT2D eigenvalue weighted by Crippen LogP contribution is -2.37. The summed E-state index contributed by atoms with van der Waals surface area (Å²) in [6.07, 6.45) is 0. The Kier molecular flexibility index (Phi) is 4.77. The Morgan fingerprint density at radius 2 is 2.00 bits per heavy atom. The van der Waals surface area contributed by atoms with Crippen molar-refractivity contribution < 1.29 is 4.74 Å². The molecule has 0 bridgehead atoms. The average molecular weight is 222 g/mol. The summed E-state index contributed by atoms with van der Waals surface area (Å²) in [5, 5.41) is 0. The smallest absolute Gasteiger partial charge is 0.123 e. The van der Waals surface area contributed by atoms with Crippen molar-refractivity contribution in [2.24, 2.45) is 5.73 Å². The van der Waals surface area contributed by atoms with Crippen LogP contribution in [0.4, 0.5) is 0 Å². The van der Waals surface area contributed by atoms with Gasteiger partial charge in [-0.05, 0) is 26.6 Å². The first-order valence-corrected chi connectivity index (χ1v) is 5.70. The van der Waals surface area contributed by atoms with Crippen LogP contribution in [-0.4, -0.2) is 31.6 Å². The SMILES string of the molecule is CCN(C)C(c1ccccc1OC)C(C)N. The van der Waals surface area contributed by atoms with Crippen LogP contribution < -0.4 is 10.5 Å². The summed E-state index contributed by atoms with van der Waals surface area (Å²) in [6.45, 7) is 5.12. The van der Waals surface area contributed by atoms with Crippen molar-refractivity contribution in [3.63, 3.8) is 0 Å². The Morgan fingerprint density at radius 1 is 1.38 bits per heavy atom. The molecule has 1 aromatic carbocycles. The number of ether oxygens (including phenoxy) is 1. The van der Waals surface area contributed by atoms with Crippen LogP contribution in [-0.2, 0) is 0 Å². The minimum absolute atomic E-state index is 0.0706. The van der Waals surface area contributed by atoms with Gasteiger partial charge in [-0.25, -0.2) is 0 Å². The fraction of sp³-hybridized carbons (Fsp3) is 0.538. The first-order chi connectivity index (χ1) is 7.61. The van der Waals surface area contributed by atoms with Crippen LogP contribution in [0.2, 0.25) is 0 Å². The van der Waals surface area contributed by atoms with E-state index in [1.165, 1.54) is 0 Å². The largest absolute Gasteiger partial charge is 0.496 e. The lowest BCUT2D eigenvalue weighted by Gasteiger charge is -2.31. The van der Waals surface area contributed by atoms with Crippen molar-refractivity contribution in [2.75, 3.05) is 20.7 Å². The second-order valence-corrected chi connectivity index (χ2v) is 4.12. The molecule has 1 rings (SSSR count). The summed E-state index contributed by atoms with van der Waals surface area (Å²) in [4.78, 5) is 2.24. The summed E-state index contributed by atoms with van der Waals surface area (Å²) in [5.74, 6) is 0.908. The summed E-state index contributed by atoms with van der Waals surface area (Å²) in [6, 6.07) is 8.33. The van der Waals surface area contributed by atoms with E-state index in [2.05, 4.69) is 24.9 Å². The normalized spacial score (nSPS) is 14.9. The van der Waals surface area contributed by atoms with Gasteiger partial charge in [0, 0.05) is 11.6 Å². The summed E-state index contributed by atoms with van der Waals surface area (Å²) >= 11 is 0. The number of para-hydroxylation sites is 1. The molecule has 3 nitrogen and oxygen atoms in total. The molecule has 2 atom stereocenters. The Labute approximate surface area is 98.2 Å². The van der Waals surface area contributed by atoms with Crippen molar-refractivity contribution in [3.05, 3.63) is 29.8 Å². The van der Waals surface area contributed by atoms with Crippen molar-refractivity contribution in [2.45, 2.75) is 25.9 Å². The van der Waals surface area contributed by atoms with E-state index in [-0.39, 0.29) is 12.1 Å². The quantitative estimate of drug-likeness (QED) is 0.828. The molecule has 0 saturated heterocycles. The van der Waals surface area contributed by atoms with Crippen LogP contribution >= 0.6 is 0 Å². The molecule has 90 valence electrons. The summed E-state index contributed by atoms with van der Waals surface area (Å²) in [5.41, 5.74) is 7.23. The molecular formula is C13H22N2O. The van der Waals surface area contributed by atoms with E-state index in [9.17, 15) is 0 Å². The van der Waals surface area contributed by atoms with Crippen LogP contribution in [0.25, 0.3) is 0 Å². The fourth-order valence-electron chi connectivity index (χ4n) is 2.03. The lowest BCUT2D eigenvalue weighted by atomic mass is 9.98. The number of benzene rings is 1. The molecule has 2 N–H and O–H groups in total. The molecule has 0 amide bonds. The van der Waals surface area contributed by atoms with Crippen LogP contribution in [0.1, 0.15) is 25.5 Å². The van der Waals surface area contributed by atoms with E-state index in [0.29, 0.717) is 0 Å². The Bertz CT molecular complexity index is 325. The molecule has 16 heavy (non-hydrogen) atoms. The summed E-state index contributed by atoms with van der Waals surface area (Å²) in [7, 11) is 3.78. The third kappa shape index (κ3) is 2.74. The van der Waals surface area contributed by atoms with Crippen LogP contribution in [0.3, 0.4) is 0 Å². The van der Waals surface area contributed by atoms with Gasteiger partial charge in [0.15, 0.2) is 0 Å². The van der Waals surface area contributed by atoms with Crippen LogP contribution in [0.15, 0.2) is 24.3 Å². The predicted molar refractivity (Wildman–Crippen MR) is 67.7 cm³/mol. The number of likely N-dealkylation sites (N-methyl/N-ethyl adjacent to an activating group) is 1. The minimum Gasteiger partial charge on any atom is -0.496 e. The monoisotopic (exact) mass is 222 g/mol. The third-order valence-electron chi connectivity index (χ3n) is 2.93. The van der Waals surface area contributed by atoms with E-state index in [0.717, 1.165) is 17.9 Å². The van der Waals surface area contributed by atoms with E-state index in [1.807, 2.05) is 25.1 Å². The topological polar surface area (TPSA) is 38.5 Å². The molecule has 0 aliphatic carbocycles. The second-order valence-electron chi connectivity index (χ2n) is 4.12. The van der Waals surface area contributed by atoms with Gasteiger partial charge >= 0.3 is 0 Å². The van der Waals surface area contributed by atoms with Gasteiger partial charge in [0.05, 0.1) is 13.2 Å². The van der Waals surface area contributed by atoms with Crippen LogP contribution in [0.5, 0.6) is 5.75 Å². The van der Waals surface area contributed by atoms with Gasteiger partial charge in [-0.2, -0.15) is 0 Å². The highest BCUT2D eigenvalue weighted by Gasteiger charge is 2.22. The summed E-state index contributed by atoms with van der Waals surface area (Å²) < 4.78 is 5.39. The average Bonchev–Trinajstić information content (AvgIpc) is 2.29. The Balaban J connectivity index is 3.10. The zero-order chi connectivity index (χ0) is 12.1. The zero-order valence-corrected chi connectivity index (χ0v) is 10.6. The predicted octanol–water partition coefficient (Wildman–Crippen LogP) is 2.04. The Hall–Kier alpha value is -1.06. The van der Waals surface area contributed by atoms with Gasteiger partial charge < -0.3 is 10.5 Å². The first kappa shape index (κ1) is 13.0. The third-order valence-corrected chi connectivity index (χ3v) is 2.93. The van der Waals surface area contributed by atoms with Crippen LogP contribution in [0, 0.1) is 0 Å². The van der Waals surface area contributed by atoms with Crippen molar-refractivity contribution >= 4 is 0 Å². The van der Waals surface area contributed by atoms with Gasteiger partial charge in [-0.15, -0.1) is 0 Å². The molecule has 0 spiro atoms. The van der Waals surface area contributed by atoms with Gasteiger partial charge in [0.25, 0.3) is 0 Å². The van der Waals surface area contributed by atoms with E-state index in [4.69, 9.17) is 10.5 Å². The van der Waals surface area contributed by atoms with Crippen molar-refractivity contribution in [1.29, 1.82) is 0 Å². The maximum atomic E-state index is 6.07. The maximum Gasteiger partial charge on any atom is 0.123 e. The molecule has 0 radical (unpaired) electrons. The highest BCUT2D eigenvalue weighted by molar-refractivity contribution is 5.36. The highest BCUT2D eigenvalue weighted by Crippen LogP contribution is 2.30. The number of methoxy groups -OCH3 is 1. The number of nitrogens with zero attached hydrogens (tertiary/aromatic N) is 1. The molecule has 0 heterocycles. The number of hydrogen-bond acceptors (Lipinski definition) is 3. The highest BCUT2D eigenvalue weighted by atomic mass is 16.5. The molecule has 0 saturated carbocycles. The molecule has 1 aromatic rings. The molecule has 0 aliphatic rings. The fourth-order valence-corrected chi connectivity index (χ4v) is 2.03.